The minimum Gasteiger partial charge on any atom is -0.249 e. The maximum Gasteiger partial charge on any atom is 0.132 e. The van der Waals surface area contributed by atoms with Crippen LogP contribution >= 0.6 is 34.8 Å². The van der Waals surface area contributed by atoms with Crippen molar-refractivity contribution in [3.8, 4) is 0 Å². The van der Waals surface area contributed by atoms with E-state index >= 15 is 0 Å². The molecule has 1 heterocycles. The van der Waals surface area contributed by atoms with Crippen molar-refractivity contribution in [1.29, 1.82) is 0 Å². The summed E-state index contributed by atoms with van der Waals surface area (Å²) in [7, 11) is 0. The van der Waals surface area contributed by atoms with Gasteiger partial charge in [-0.15, -0.1) is 11.6 Å². The van der Waals surface area contributed by atoms with Crippen molar-refractivity contribution in [2.24, 2.45) is 0 Å². The molecule has 0 saturated carbocycles. The van der Waals surface area contributed by atoms with Gasteiger partial charge in [0.05, 0.1) is 18.1 Å². The van der Waals surface area contributed by atoms with Crippen molar-refractivity contribution in [2.45, 2.75) is 32.2 Å². The van der Waals surface area contributed by atoms with E-state index in [1.54, 1.807) is 4.68 Å². The SMILES string of the molecule is CCCc1nn(Cc2ccc(Cl)cc2)c(Cl)c1CCl. The lowest BCUT2D eigenvalue weighted by molar-refractivity contribution is 0.668. The molecule has 0 aliphatic heterocycles. The highest BCUT2D eigenvalue weighted by Gasteiger charge is 2.14. The van der Waals surface area contributed by atoms with Gasteiger partial charge in [0.25, 0.3) is 0 Å². The normalized spacial score (nSPS) is 10.9. The minimum atomic E-state index is 0.398. The molecule has 0 unspecified atom stereocenters. The van der Waals surface area contributed by atoms with E-state index in [1.165, 1.54) is 0 Å². The summed E-state index contributed by atoms with van der Waals surface area (Å²) in [6, 6.07) is 7.67. The molecule has 0 spiro atoms. The molecule has 0 saturated heterocycles. The molecule has 1 aromatic carbocycles. The van der Waals surface area contributed by atoms with Crippen molar-refractivity contribution in [3.63, 3.8) is 0 Å². The maximum absolute atomic E-state index is 6.34. The number of alkyl halides is 1. The van der Waals surface area contributed by atoms with Gasteiger partial charge < -0.3 is 0 Å². The monoisotopic (exact) mass is 316 g/mol. The molecular formula is C14H15Cl3N2. The first-order valence-corrected chi connectivity index (χ1v) is 7.49. The summed E-state index contributed by atoms with van der Waals surface area (Å²) >= 11 is 18.2. The van der Waals surface area contributed by atoms with Gasteiger partial charge in [0.1, 0.15) is 5.15 Å². The summed E-state index contributed by atoms with van der Waals surface area (Å²) in [5, 5.41) is 5.91. The Kier molecular flexibility index (Phi) is 5.14. The van der Waals surface area contributed by atoms with Gasteiger partial charge in [-0.05, 0) is 24.1 Å². The smallest absolute Gasteiger partial charge is 0.132 e. The number of rotatable bonds is 5. The molecule has 2 nitrogen and oxygen atoms in total. The maximum atomic E-state index is 6.34. The van der Waals surface area contributed by atoms with Gasteiger partial charge in [-0.3, -0.25) is 0 Å². The minimum absolute atomic E-state index is 0.398. The van der Waals surface area contributed by atoms with Crippen LogP contribution in [0.4, 0.5) is 0 Å². The molecule has 0 fully saturated rings. The van der Waals surface area contributed by atoms with Gasteiger partial charge >= 0.3 is 0 Å². The Bertz CT molecular complexity index is 547. The topological polar surface area (TPSA) is 17.8 Å². The van der Waals surface area contributed by atoms with E-state index in [2.05, 4.69) is 12.0 Å². The first kappa shape index (κ1) is 14.7. The molecule has 19 heavy (non-hydrogen) atoms. The van der Waals surface area contributed by atoms with Gasteiger partial charge in [0.2, 0.25) is 0 Å². The Labute approximate surface area is 128 Å². The van der Waals surface area contributed by atoms with Crippen LogP contribution in [0.2, 0.25) is 10.2 Å². The third-order valence-corrected chi connectivity index (χ3v) is 3.87. The number of hydrogen-bond donors (Lipinski definition) is 0. The van der Waals surface area contributed by atoms with Gasteiger partial charge in [0.15, 0.2) is 0 Å². The standard InChI is InChI=1S/C14H15Cl3N2/c1-2-3-13-12(8-15)14(17)19(18-13)9-10-4-6-11(16)7-5-10/h4-7H,2-3,8-9H2,1H3. The second-order valence-corrected chi connectivity index (χ2v) is 5.45. The van der Waals surface area contributed by atoms with Crippen LogP contribution in [0.15, 0.2) is 24.3 Å². The highest BCUT2D eigenvalue weighted by Crippen LogP contribution is 2.24. The van der Waals surface area contributed by atoms with E-state index in [4.69, 9.17) is 34.8 Å². The zero-order valence-electron chi connectivity index (χ0n) is 10.7. The Hall–Kier alpha value is -0.700. The molecule has 0 N–H and O–H groups in total. The highest BCUT2D eigenvalue weighted by molar-refractivity contribution is 6.31. The number of aromatic nitrogens is 2. The van der Waals surface area contributed by atoms with Crippen LogP contribution in [0, 0.1) is 0 Å². The molecule has 0 aliphatic rings. The van der Waals surface area contributed by atoms with Gasteiger partial charge in [-0.25, -0.2) is 4.68 Å². The van der Waals surface area contributed by atoms with Crippen LogP contribution < -0.4 is 0 Å². The zero-order chi connectivity index (χ0) is 13.8. The van der Waals surface area contributed by atoms with E-state index in [-0.39, 0.29) is 0 Å². The molecule has 5 heteroatoms. The number of benzene rings is 1. The third kappa shape index (κ3) is 3.44. The van der Waals surface area contributed by atoms with E-state index in [1.807, 2.05) is 24.3 Å². The molecule has 0 aliphatic carbocycles. The lowest BCUT2D eigenvalue weighted by atomic mass is 10.2. The summed E-state index contributed by atoms with van der Waals surface area (Å²) < 4.78 is 1.80. The molecule has 2 aromatic rings. The predicted molar refractivity (Wildman–Crippen MR) is 81.3 cm³/mol. The van der Waals surface area contributed by atoms with Crippen molar-refractivity contribution in [1.82, 2.24) is 9.78 Å². The molecule has 0 radical (unpaired) electrons. The van der Waals surface area contributed by atoms with Crippen LogP contribution in [0.3, 0.4) is 0 Å². The molecule has 1 aromatic heterocycles. The first-order chi connectivity index (χ1) is 9.15. The number of aryl methyl sites for hydroxylation is 1. The molecule has 102 valence electrons. The van der Waals surface area contributed by atoms with Gasteiger partial charge in [0, 0.05) is 10.6 Å². The molecule has 2 rings (SSSR count). The second kappa shape index (κ2) is 6.65. The zero-order valence-corrected chi connectivity index (χ0v) is 12.9. The Morgan fingerprint density at radius 3 is 2.42 bits per heavy atom. The van der Waals surface area contributed by atoms with Crippen LogP contribution in [0.1, 0.15) is 30.2 Å². The van der Waals surface area contributed by atoms with Crippen LogP contribution in [0.25, 0.3) is 0 Å². The Balaban J connectivity index is 2.27. The first-order valence-electron chi connectivity index (χ1n) is 6.20. The lowest BCUT2D eigenvalue weighted by Gasteiger charge is -2.03. The fourth-order valence-electron chi connectivity index (χ4n) is 1.96. The van der Waals surface area contributed by atoms with Gasteiger partial charge in [-0.2, -0.15) is 5.10 Å². The van der Waals surface area contributed by atoms with Crippen molar-refractivity contribution in [3.05, 3.63) is 51.3 Å². The quantitative estimate of drug-likeness (QED) is 0.715. The average Bonchev–Trinajstić information content (AvgIpc) is 2.69. The Morgan fingerprint density at radius 2 is 1.84 bits per heavy atom. The van der Waals surface area contributed by atoms with E-state index < -0.39 is 0 Å². The summed E-state index contributed by atoms with van der Waals surface area (Å²) in [6.45, 7) is 2.74. The van der Waals surface area contributed by atoms with Crippen LogP contribution in [-0.4, -0.2) is 9.78 Å². The summed E-state index contributed by atoms with van der Waals surface area (Å²) in [6.07, 6.45) is 1.92. The molecular weight excluding hydrogens is 303 g/mol. The largest absolute Gasteiger partial charge is 0.249 e. The Morgan fingerprint density at radius 1 is 1.16 bits per heavy atom. The van der Waals surface area contributed by atoms with Crippen LogP contribution in [0.5, 0.6) is 0 Å². The fraction of sp³-hybridized carbons (Fsp3) is 0.357. The van der Waals surface area contributed by atoms with Crippen molar-refractivity contribution < 1.29 is 0 Å². The second-order valence-electron chi connectivity index (χ2n) is 4.38. The summed E-state index contributed by atoms with van der Waals surface area (Å²) in [5.41, 5.74) is 3.05. The summed E-state index contributed by atoms with van der Waals surface area (Å²) in [5.74, 6) is 0.398. The lowest BCUT2D eigenvalue weighted by Crippen LogP contribution is -2.02. The molecule has 0 bridgehead atoms. The predicted octanol–water partition coefficient (Wildman–Crippen LogP) is 4.93. The van der Waals surface area contributed by atoms with E-state index in [0.29, 0.717) is 17.6 Å². The van der Waals surface area contributed by atoms with Gasteiger partial charge in [-0.1, -0.05) is 48.7 Å². The number of nitrogens with zero attached hydrogens (tertiary/aromatic N) is 2. The van der Waals surface area contributed by atoms with E-state index in [9.17, 15) is 0 Å². The summed E-state index contributed by atoms with van der Waals surface area (Å²) in [4.78, 5) is 0. The average molecular weight is 318 g/mol. The third-order valence-electron chi connectivity index (χ3n) is 2.93. The van der Waals surface area contributed by atoms with Crippen molar-refractivity contribution in [2.75, 3.05) is 0 Å². The van der Waals surface area contributed by atoms with E-state index in [0.717, 1.165) is 34.7 Å². The van der Waals surface area contributed by atoms with Crippen LogP contribution in [-0.2, 0) is 18.8 Å². The van der Waals surface area contributed by atoms with Crippen molar-refractivity contribution >= 4 is 34.8 Å². The molecule has 0 atom stereocenters. The number of halogens is 3. The molecule has 0 amide bonds. The highest BCUT2D eigenvalue weighted by atomic mass is 35.5. The fourth-order valence-corrected chi connectivity index (χ4v) is 2.71. The number of hydrogen-bond acceptors (Lipinski definition) is 1.